The van der Waals surface area contributed by atoms with Gasteiger partial charge in [-0.2, -0.15) is 0 Å². The molecule has 2 heteroatoms. The van der Waals surface area contributed by atoms with E-state index in [-0.39, 0.29) is 11.7 Å². The largest absolute Gasteiger partial charge is 0.388 e. The maximum absolute atomic E-state index is 12.7. The summed E-state index contributed by atoms with van der Waals surface area (Å²) in [6.45, 7) is 4.13. The number of Topliss-reactive ketones (excluding diaryl/α,β-unsaturated/α-hetero) is 1. The summed E-state index contributed by atoms with van der Waals surface area (Å²) in [5, 5.41) is 3.07. The summed E-state index contributed by atoms with van der Waals surface area (Å²) in [4.78, 5) is 12.7. The number of carbonyl (C=O) groups is 1. The fourth-order valence-electron chi connectivity index (χ4n) is 2.53. The van der Waals surface area contributed by atoms with Crippen molar-refractivity contribution in [3.05, 3.63) is 65.2 Å². The summed E-state index contributed by atoms with van der Waals surface area (Å²) in [5.41, 5.74) is 4.11. The van der Waals surface area contributed by atoms with Crippen LogP contribution in [0.5, 0.6) is 0 Å². The Morgan fingerprint density at radius 3 is 2.30 bits per heavy atom. The van der Waals surface area contributed by atoms with Crippen molar-refractivity contribution >= 4 is 11.5 Å². The van der Waals surface area contributed by atoms with Crippen LogP contribution in [0.25, 0.3) is 0 Å². The Labute approximate surface area is 120 Å². The minimum Gasteiger partial charge on any atom is -0.388 e. The molecule has 1 unspecified atom stereocenters. The Hall–Kier alpha value is -2.09. The summed E-state index contributed by atoms with van der Waals surface area (Å²) in [6.07, 6.45) is 0.817. The van der Waals surface area contributed by atoms with Crippen molar-refractivity contribution in [3.63, 3.8) is 0 Å². The van der Waals surface area contributed by atoms with Crippen LogP contribution in [-0.4, -0.2) is 12.8 Å². The van der Waals surface area contributed by atoms with Crippen LogP contribution in [0, 0.1) is 6.92 Å². The highest BCUT2D eigenvalue weighted by Gasteiger charge is 2.21. The van der Waals surface area contributed by atoms with E-state index in [9.17, 15) is 4.79 Å². The number of hydrogen-bond acceptors (Lipinski definition) is 2. The molecular formula is C18H21NO. The van der Waals surface area contributed by atoms with E-state index in [0.717, 1.165) is 23.2 Å². The molecule has 2 aromatic carbocycles. The topological polar surface area (TPSA) is 29.1 Å². The predicted octanol–water partition coefficient (Wildman–Crippen LogP) is 4.41. The van der Waals surface area contributed by atoms with Crippen molar-refractivity contribution in [3.8, 4) is 0 Å². The van der Waals surface area contributed by atoms with Gasteiger partial charge in [-0.05, 0) is 48.7 Å². The monoisotopic (exact) mass is 267 g/mol. The van der Waals surface area contributed by atoms with Gasteiger partial charge in [0.05, 0.1) is 0 Å². The molecule has 2 rings (SSSR count). The number of rotatable bonds is 5. The van der Waals surface area contributed by atoms with Gasteiger partial charge in [0, 0.05) is 24.2 Å². The minimum atomic E-state index is -0.0587. The van der Waals surface area contributed by atoms with E-state index in [1.165, 1.54) is 5.56 Å². The summed E-state index contributed by atoms with van der Waals surface area (Å²) in [7, 11) is 1.87. The van der Waals surface area contributed by atoms with Gasteiger partial charge in [0.2, 0.25) is 0 Å². The van der Waals surface area contributed by atoms with E-state index >= 15 is 0 Å². The van der Waals surface area contributed by atoms with Crippen LogP contribution in [-0.2, 0) is 0 Å². The predicted molar refractivity (Wildman–Crippen MR) is 84.5 cm³/mol. The normalized spacial score (nSPS) is 11.9. The van der Waals surface area contributed by atoms with Crippen LogP contribution in [0.15, 0.2) is 48.5 Å². The molecule has 2 nitrogen and oxygen atoms in total. The van der Waals surface area contributed by atoms with Crippen molar-refractivity contribution in [2.75, 3.05) is 12.4 Å². The van der Waals surface area contributed by atoms with E-state index in [1.54, 1.807) is 0 Å². The van der Waals surface area contributed by atoms with Gasteiger partial charge in [0.25, 0.3) is 0 Å². The Kier molecular flexibility index (Phi) is 4.57. The van der Waals surface area contributed by atoms with Gasteiger partial charge in [-0.1, -0.05) is 31.2 Å². The highest BCUT2D eigenvalue weighted by Crippen LogP contribution is 2.27. The lowest BCUT2D eigenvalue weighted by Crippen LogP contribution is -2.13. The fraction of sp³-hybridized carbons (Fsp3) is 0.278. The van der Waals surface area contributed by atoms with Gasteiger partial charge >= 0.3 is 0 Å². The SMILES string of the molecule is CCC(C(=O)c1ccc(NC)cc1)c1ccccc1C. The fourth-order valence-corrected chi connectivity index (χ4v) is 2.53. The second-order valence-corrected chi connectivity index (χ2v) is 5.01. The summed E-state index contributed by atoms with van der Waals surface area (Å²) in [5.74, 6) is 0.140. The lowest BCUT2D eigenvalue weighted by atomic mass is 9.86. The molecule has 0 bridgehead atoms. The van der Waals surface area contributed by atoms with Crippen molar-refractivity contribution in [1.29, 1.82) is 0 Å². The van der Waals surface area contributed by atoms with Gasteiger partial charge in [0.15, 0.2) is 5.78 Å². The first-order valence-corrected chi connectivity index (χ1v) is 7.05. The average Bonchev–Trinajstić information content (AvgIpc) is 2.50. The molecule has 0 radical (unpaired) electrons. The smallest absolute Gasteiger partial charge is 0.170 e. The molecule has 1 atom stereocenters. The van der Waals surface area contributed by atoms with Crippen LogP contribution >= 0.6 is 0 Å². The van der Waals surface area contributed by atoms with E-state index in [1.807, 2.05) is 43.4 Å². The zero-order valence-corrected chi connectivity index (χ0v) is 12.3. The molecule has 0 saturated carbocycles. The molecule has 0 aliphatic rings. The van der Waals surface area contributed by atoms with E-state index < -0.39 is 0 Å². The maximum atomic E-state index is 12.7. The van der Waals surface area contributed by atoms with Crippen molar-refractivity contribution in [2.24, 2.45) is 0 Å². The third kappa shape index (κ3) is 2.90. The van der Waals surface area contributed by atoms with Crippen LogP contribution in [0.2, 0.25) is 0 Å². The third-order valence-electron chi connectivity index (χ3n) is 3.75. The van der Waals surface area contributed by atoms with Gasteiger partial charge in [-0.25, -0.2) is 0 Å². The number of aryl methyl sites for hydroxylation is 1. The van der Waals surface area contributed by atoms with Crippen LogP contribution in [0.4, 0.5) is 5.69 Å². The average molecular weight is 267 g/mol. The molecule has 0 fully saturated rings. The lowest BCUT2D eigenvalue weighted by molar-refractivity contribution is 0.0957. The molecule has 0 saturated heterocycles. The molecule has 104 valence electrons. The third-order valence-corrected chi connectivity index (χ3v) is 3.75. The Bertz CT molecular complexity index is 587. The highest BCUT2D eigenvalue weighted by atomic mass is 16.1. The number of nitrogens with one attached hydrogen (secondary N) is 1. The zero-order chi connectivity index (χ0) is 14.5. The second-order valence-electron chi connectivity index (χ2n) is 5.01. The second kappa shape index (κ2) is 6.38. The van der Waals surface area contributed by atoms with Gasteiger partial charge in [0.1, 0.15) is 0 Å². The maximum Gasteiger partial charge on any atom is 0.170 e. The molecule has 2 aromatic rings. The Morgan fingerprint density at radius 2 is 1.75 bits per heavy atom. The minimum absolute atomic E-state index is 0.0587. The van der Waals surface area contributed by atoms with Gasteiger partial charge in [-0.3, -0.25) is 4.79 Å². The molecule has 20 heavy (non-hydrogen) atoms. The lowest BCUT2D eigenvalue weighted by Gasteiger charge is -2.17. The van der Waals surface area contributed by atoms with Crippen molar-refractivity contribution in [1.82, 2.24) is 0 Å². The molecule has 0 heterocycles. The first kappa shape index (κ1) is 14.3. The first-order chi connectivity index (χ1) is 9.67. The first-order valence-electron chi connectivity index (χ1n) is 7.05. The van der Waals surface area contributed by atoms with Crippen LogP contribution in [0.3, 0.4) is 0 Å². The molecular weight excluding hydrogens is 246 g/mol. The van der Waals surface area contributed by atoms with E-state index in [0.29, 0.717) is 0 Å². The number of hydrogen-bond donors (Lipinski definition) is 1. The van der Waals surface area contributed by atoms with Gasteiger partial charge in [-0.15, -0.1) is 0 Å². The molecule has 0 aliphatic heterocycles. The summed E-state index contributed by atoms with van der Waals surface area (Å²) < 4.78 is 0. The summed E-state index contributed by atoms with van der Waals surface area (Å²) >= 11 is 0. The van der Waals surface area contributed by atoms with Crippen LogP contribution < -0.4 is 5.32 Å². The number of benzene rings is 2. The number of anilines is 1. The number of carbonyl (C=O) groups excluding carboxylic acids is 1. The Balaban J connectivity index is 2.31. The molecule has 1 N–H and O–H groups in total. The molecule has 0 spiro atoms. The van der Waals surface area contributed by atoms with Crippen molar-refractivity contribution in [2.45, 2.75) is 26.2 Å². The van der Waals surface area contributed by atoms with Crippen molar-refractivity contribution < 1.29 is 4.79 Å². The quantitative estimate of drug-likeness (QED) is 0.813. The Morgan fingerprint density at radius 1 is 1.10 bits per heavy atom. The zero-order valence-electron chi connectivity index (χ0n) is 12.3. The highest BCUT2D eigenvalue weighted by molar-refractivity contribution is 6.01. The van der Waals surface area contributed by atoms with Gasteiger partial charge < -0.3 is 5.32 Å². The van der Waals surface area contributed by atoms with E-state index in [4.69, 9.17) is 0 Å². The molecule has 0 amide bonds. The number of ketones is 1. The summed E-state index contributed by atoms with van der Waals surface area (Å²) in [6, 6.07) is 15.8. The standard InChI is InChI=1S/C18H21NO/c1-4-16(17-8-6-5-7-13(17)2)18(20)14-9-11-15(19-3)12-10-14/h5-12,16,19H,4H2,1-3H3. The molecule has 0 aliphatic carbocycles. The van der Waals surface area contributed by atoms with E-state index in [2.05, 4.69) is 31.3 Å². The molecule has 0 aromatic heterocycles. The van der Waals surface area contributed by atoms with Crippen LogP contribution in [0.1, 0.15) is 40.7 Å².